The number of likely N-dealkylation sites (N-methyl/N-ethyl adjacent to an activating group) is 1. The summed E-state index contributed by atoms with van der Waals surface area (Å²) in [5.74, 6) is -0.219. The minimum absolute atomic E-state index is 0.0132. The van der Waals surface area contributed by atoms with E-state index in [9.17, 15) is 19.4 Å². The number of nitrogens with zero attached hydrogens (tertiary/aromatic N) is 1. The molecule has 0 fully saturated rings. The molecule has 0 aliphatic carbocycles. The zero-order valence-corrected chi connectivity index (χ0v) is 41.2. The number of phosphoric acid groups is 1. The number of hydrogen-bond donors (Lipinski definition) is 2. The third-order valence-corrected chi connectivity index (χ3v) is 11.3. The maximum atomic E-state index is 12.8. The topological polar surface area (TPSA) is 108 Å². The molecule has 9 heteroatoms. The van der Waals surface area contributed by atoms with Crippen LogP contribution in [-0.2, 0) is 18.4 Å². The molecule has 0 aliphatic rings. The summed E-state index contributed by atoms with van der Waals surface area (Å²) >= 11 is 0. The Morgan fingerprint density at radius 3 is 1.50 bits per heavy atom. The van der Waals surface area contributed by atoms with Gasteiger partial charge < -0.3 is 28.8 Å². The van der Waals surface area contributed by atoms with Gasteiger partial charge in [-0.3, -0.25) is 9.36 Å². The van der Waals surface area contributed by atoms with Crippen LogP contribution in [0.3, 0.4) is 0 Å². The van der Waals surface area contributed by atoms with Crippen molar-refractivity contribution in [3.05, 3.63) is 97.2 Å². The SMILES string of the molecule is C/C=C/CC/C=C/CC/C=C/C(O)C(COP(=O)([O-])OCC[N+](C)(C)C)NC(=O)CCCCCCCCCCCCCCCCC/C=C\C/C=C\C/C=C\C/C=C\C/C=C\CC. The zero-order chi connectivity index (χ0) is 45.7. The van der Waals surface area contributed by atoms with Crippen molar-refractivity contribution in [2.75, 3.05) is 40.9 Å². The normalized spacial score (nSPS) is 15.0. The third-order valence-electron chi connectivity index (χ3n) is 10.4. The van der Waals surface area contributed by atoms with Gasteiger partial charge in [-0.2, -0.15) is 0 Å². The van der Waals surface area contributed by atoms with Crippen molar-refractivity contribution in [2.24, 2.45) is 0 Å². The van der Waals surface area contributed by atoms with Crippen molar-refractivity contribution in [3.63, 3.8) is 0 Å². The molecule has 0 rings (SSSR count). The standard InChI is InChI=1S/C53H93N2O6P/c1-6-8-10-12-14-16-17-18-19-20-21-22-23-24-25-26-27-28-29-30-31-32-33-34-35-36-37-39-41-43-45-47-53(57)54-51(50-61-62(58,59)60-49-48-55(3,4)5)52(56)46-44-42-40-38-15-13-11-9-7-2/h7-10,14-16,18-19,21-22,24-25,38,44,46,51-52,56H,6,11-13,17,20,23,26-37,39-43,45,47-50H2,1-5H3,(H-,54,57,58,59)/b9-7+,10-8-,16-14-,19-18-,22-21-,25-24-,38-15+,46-44+. The van der Waals surface area contributed by atoms with Crippen LogP contribution in [-0.4, -0.2) is 68.5 Å². The lowest BCUT2D eigenvalue weighted by atomic mass is 10.0. The molecule has 3 atom stereocenters. The molecule has 0 saturated carbocycles. The molecule has 2 N–H and O–H groups in total. The minimum Gasteiger partial charge on any atom is -0.756 e. The minimum atomic E-state index is -4.60. The van der Waals surface area contributed by atoms with Gasteiger partial charge in [-0.15, -0.1) is 0 Å². The molecule has 0 bridgehead atoms. The van der Waals surface area contributed by atoms with Crippen molar-refractivity contribution in [3.8, 4) is 0 Å². The summed E-state index contributed by atoms with van der Waals surface area (Å²) in [6.45, 7) is 4.25. The second-order valence-corrected chi connectivity index (χ2v) is 18.8. The molecule has 1 amide bonds. The average molecular weight is 885 g/mol. The Morgan fingerprint density at radius 1 is 0.597 bits per heavy atom. The van der Waals surface area contributed by atoms with E-state index < -0.39 is 26.6 Å². The zero-order valence-electron chi connectivity index (χ0n) is 40.3. The summed E-state index contributed by atoms with van der Waals surface area (Å²) < 4.78 is 23.1. The lowest BCUT2D eigenvalue weighted by Gasteiger charge is -2.29. The summed E-state index contributed by atoms with van der Waals surface area (Å²) in [7, 11) is 1.22. The number of rotatable bonds is 43. The summed E-state index contributed by atoms with van der Waals surface area (Å²) in [6.07, 6.45) is 62.2. The Morgan fingerprint density at radius 2 is 1.02 bits per heavy atom. The van der Waals surface area contributed by atoms with Crippen LogP contribution in [0.25, 0.3) is 0 Å². The van der Waals surface area contributed by atoms with E-state index in [2.05, 4.69) is 91.2 Å². The van der Waals surface area contributed by atoms with Gasteiger partial charge in [-0.1, -0.05) is 188 Å². The number of unbranched alkanes of at least 4 members (excludes halogenated alkanes) is 17. The Labute approximate surface area is 381 Å². The number of nitrogens with one attached hydrogen (secondary N) is 1. The third kappa shape index (κ3) is 45.4. The summed E-state index contributed by atoms with van der Waals surface area (Å²) in [4.78, 5) is 25.3. The smallest absolute Gasteiger partial charge is 0.268 e. The number of carbonyl (C=O) groups excluding carboxylic acids is 1. The molecule has 356 valence electrons. The summed E-state index contributed by atoms with van der Waals surface area (Å²) in [5.41, 5.74) is 0. The molecule has 0 aromatic carbocycles. The van der Waals surface area contributed by atoms with Crippen LogP contribution in [0.15, 0.2) is 97.2 Å². The Balaban J connectivity index is 4.06. The van der Waals surface area contributed by atoms with Gasteiger partial charge in [0.1, 0.15) is 13.2 Å². The van der Waals surface area contributed by atoms with Crippen LogP contribution < -0.4 is 10.2 Å². The molecule has 0 aromatic heterocycles. The Bertz CT molecular complexity index is 1330. The van der Waals surface area contributed by atoms with Gasteiger partial charge in [0, 0.05) is 6.42 Å². The molecule has 0 radical (unpaired) electrons. The van der Waals surface area contributed by atoms with Gasteiger partial charge in [0.2, 0.25) is 5.91 Å². The highest BCUT2D eigenvalue weighted by molar-refractivity contribution is 7.45. The average Bonchev–Trinajstić information content (AvgIpc) is 3.23. The molecular weight excluding hydrogens is 792 g/mol. The first kappa shape index (κ1) is 59.4. The molecule has 8 nitrogen and oxygen atoms in total. The fourth-order valence-corrected chi connectivity index (χ4v) is 7.23. The summed E-state index contributed by atoms with van der Waals surface area (Å²) in [5, 5.41) is 13.7. The van der Waals surface area contributed by atoms with Crippen molar-refractivity contribution in [2.45, 2.75) is 193 Å². The van der Waals surface area contributed by atoms with E-state index in [1.807, 2.05) is 40.2 Å². The number of phosphoric ester groups is 1. The summed E-state index contributed by atoms with van der Waals surface area (Å²) in [6, 6.07) is -0.912. The fraction of sp³-hybridized carbons (Fsp3) is 0.679. The van der Waals surface area contributed by atoms with E-state index in [-0.39, 0.29) is 12.5 Å². The molecular formula is C53H93N2O6P. The maximum Gasteiger partial charge on any atom is 0.268 e. The Kier molecular flexibility index (Phi) is 41.8. The molecule has 0 aliphatic heterocycles. The number of quaternary nitrogens is 1. The predicted molar refractivity (Wildman–Crippen MR) is 265 cm³/mol. The maximum absolute atomic E-state index is 12.8. The molecule has 0 aromatic rings. The van der Waals surface area contributed by atoms with Gasteiger partial charge in [0.25, 0.3) is 7.82 Å². The highest BCUT2D eigenvalue weighted by atomic mass is 31.2. The van der Waals surface area contributed by atoms with E-state index in [4.69, 9.17) is 9.05 Å². The van der Waals surface area contributed by atoms with Crippen LogP contribution in [0.1, 0.15) is 181 Å². The Hall–Kier alpha value is -2.58. The van der Waals surface area contributed by atoms with Crippen LogP contribution in [0.5, 0.6) is 0 Å². The van der Waals surface area contributed by atoms with E-state index in [0.717, 1.165) is 77.0 Å². The second-order valence-electron chi connectivity index (χ2n) is 17.4. The van der Waals surface area contributed by atoms with Crippen molar-refractivity contribution in [1.29, 1.82) is 0 Å². The van der Waals surface area contributed by atoms with Crippen molar-refractivity contribution >= 4 is 13.7 Å². The van der Waals surface area contributed by atoms with Gasteiger partial charge in [-0.05, 0) is 84.0 Å². The number of hydrogen-bond acceptors (Lipinski definition) is 6. The quantitative estimate of drug-likeness (QED) is 0.0273. The number of amides is 1. The molecule has 0 saturated heterocycles. The number of carbonyl (C=O) groups is 1. The number of aliphatic hydroxyl groups excluding tert-OH is 1. The van der Waals surface area contributed by atoms with Crippen molar-refractivity contribution < 1.29 is 32.9 Å². The van der Waals surface area contributed by atoms with Gasteiger partial charge in [0.05, 0.1) is 39.9 Å². The van der Waals surface area contributed by atoms with Crippen LogP contribution >= 0.6 is 7.82 Å². The molecule has 0 spiro atoms. The van der Waals surface area contributed by atoms with E-state index >= 15 is 0 Å². The largest absolute Gasteiger partial charge is 0.756 e. The van der Waals surface area contributed by atoms with E-state index in [1.54, 1.807) is 6.08 Å². The highest BCUT2D eigenvalue weighted by Crippen LogP contribution is 2.38. The van der Waals surface area contributed by atoms with Crippen molar-refractivity contribution in [1.82, 2.24) is 5.32 Å². The first-order valence-electron chi connectivity index (χ1n) is 24.6. The fourth-order valence-electron chi connectivity index (χ4n) is 6.51. The number of aliphatic hydroxyl groups is 1. The highest BCUT2D eigenvalue weighted by Gasteiger charge is 2.23. The van der Waals surface area contributed by atoms with Gasteiger partial charge in [0.15, 0.2) is 0 Å². The van der Waals surface area contributed by atoms with E-state index in [0.29, 0.717) is 17.4 Å². The molecule has 62 heavy (non-hydrogen) atoms. The molecule has 0 heterocycles. The lowest BCUT2D eigenvalue weighted by Crippen LogP contribution is -2.45. The van der Waals surface area contributed by atoms with Crippen LogP contribution in [0, 0.1) is 0 Å². The molecule has 3 unspecified atom stereocenters. The first-order chi connectivity index (χ1) is 30.0. The van der Waals surface area contributed by atoms with Gasteiger partial charge in [-0.25, -0.2) is 0 Å². The van der Waals surface area contributed by atoms with E-state index in [1.165, 1.54) is 83.5 Å². The predicted octanol–water partition coefficient (Wildman–Crippen LogP) is 13.7. The van der Waals surface area contributed by atoms with Gasteiger partial charge >= 0.3 is 0 Å². The monoisotopic (exact) mass is 885 g/mol. The number of allylic oxidation sites excluding steroid dienone is 15. The van der Waals surface area contributed by atoms with Crippen LogP contribution in [0.2, 0.25) is 0 Å². The second kappa shape index (κ2) is 43.7. The lowest BCUT2D eigenvalue weighted by molar-refractivity contribution is -0.870. The van der Waals surface area contributed by atoms with Crippen LogP contribution in [0.4, 0.5) is 0 Å². The first-order valence-corrected chi connectivity index (χ1v) is 26.0.